The molecule has 2 aromatic rings. The lowest BCUT2D eigenvalue weighted by Crippen LogP contribution is -2.42. The van der Waals surface area contributed by atoms with Gasteiger partial charge < -0.3 is 9.42 Å². The van der Waals surface area contributed by atoms with Crippen molar-refractivity contribution < 1.29 is 13.7 Å². The lowest BCUT2D eigenvalue weighted by atomic mass is 9.97. The maximum Gasteiger partial charge on any atom is 0.240 e. The number of carbonyl (C=O) groups is 1. The number of benzene rings is 1. The van der Waals surface area contributed by atoms with E-state index in [1.165, 1.54) is 12.1 Å². The molecular formula is C16H17ClFN3O2. The lowest BCUT2D eigenvalue weighted by molar-refractivity contribution is -0.131. The fourth-order valence-electron chi connectivity index (χ4n) is 2.75. The van der Waals surface area contributed by atoms with E-state index in [1.807, 2.05) is 0 Å². The lowest BCUT2D eigenvalue weighted by Gasteiger charge is -2.31. The van der Waals surface area contributed by atoms with Gasteiger partial charge in [-0.05, 0) is 44.0 Å². The smallest absolute Gasteiger partial charge is 0.240 e. The summed E-state index contributed by atoms with van der Waals surface area (Å²) in [5, 5.41) is 3.42. The van der Waals surface area contributed by atoms with E-state index in [0.29, 0.717) is 30.4 Å². The monoisotopic (exact) mass is 337 g/mol. The van der Waals surface area contributed by atoms with Crippen molar-refractivity contribution in [3.8, 4) is 11.4 Å². The molecule has 3 rings (SSSR count). The van der Waals surface area contributed by atoms with E-state index < -0.39 is 5.38 Å². The number of piperidine rings is 1. The van der Waals surface area contributed by atoms with Gasteiger partial charge in [-0.3, -0.25) is 4.79 Å². The molecule has 1 aromatic carbocycles. The second-order valence-electron chi connectivity index (χ2n) is 5.70. The zero-order valence-corrected chi connectivity index (χ0v) is 13.5. The first kappa shape index (κ1) is 15.9. The minimum absolute atomic E-state index is 0.00446. The van der Waals surface area contributed by atoms with Crippen molar-refractivity contribution in [1.82, 2.24) is 15.0 Å². The highest BCUT2D eigenvalue weighted by atomic mass is 35.5. The van der Waals surface area contributed by atoms with Crippen LogP contribution in [-0.4, -0.2) is 39.4 Å². The highest BCUT2D eigenvalue weighted by Gasteiger charge is 2.30. The van der Waals surface area contributed by atoms with Gasteiger partial charge in [-0.1, -0.05) is 5.16 Å². The Morgan fingerprint density at radius 2 is 2.17 bits per heavy atom. The van der Waals surface area contributed by atoms with Crippen molar-refractivity contribution in [3.05, 3.63) is 36.0 Å². The number of likely N-dealkylation sites (tertiary alicyclic amines) is 1. The second-order valence-corrected chi connectivity index (χ2v) is 6.36. The van der Waals surface area contributed by atoms with Crippen LogP contribution in [0.1, 0.15) is 31.6 Å². The molecule has 122 valence electrons. The van der Waals surface area contributed by atoms with E-state index in [4.69, 9.17) is 16.1 Å². The van der Waals surface area contributed by atoms with Crippen molar-refractivity contribution in [1.29, 1.82) is 0 Å². The van der Waals surface area contributed by atoms with Crippen molar-refractivity contribution in [2.45, 2.75) is 31.1 Å². The number of nitrogens with zero attached hydrogens (tertiary/aromatic N) is 3. The number of hydrogen-bond donors (Lipinski definition) is 0. The molecule has 0 aliphatic carbocycles. The SMILES string of the molecule is CC(Cl)C(=O)N1CCCC(c2nc(-c3ccc(F)cc3)no2)C1. The summed E-state index contributed by atoms with van der Waals surface area (Å²) in [6.45, 7) is 2.90. The van der Waals surface area contributed by atoms with Crippen LogP contribution in [0.2, 0.25) is 0 Å². The molecule has 0 N–H and O–H groups in total. The zero-order chi connectivity index (χ0) is 16.4. The largest absolute Gasteiger partial charge is 0.341 e. The third kappa shape index (κ3) is 3.52. The molecule has 0 spiro atoms. The van der Waals surface area contributed by atoms with E-state index in [9.17, 15) is 9.18 Å². The summed E-state index contributed by atoms with van der Waals surface area (Å²) < 4.78 is 18.3. The molecule has 2 atom stereocenters. The van der Waals surface area contributed by atoms with Crippen LogP contribution in [0, 0.1) is 5.82 Å². The predicted octanol–water partition coefficient (Wildman–Crippen LogP) is 3.21. The van der Waals surface area contributed by atoms with Gasteiger partial charge in [0.25, 0.3) is 0 Å². The Morgan fingerprint density at radius 1 is 1.43 bits per heavy atom. The second kappa shape index (κ2) is 6.66. The van der Waals surface area contributed by atoms with Gasteiger partial charge in [0.1, 0.15) is 11.2 Å². The number of aromatic nitrogens is 2. The van der Waals surface area contributed by atoms with Crippen molar-refractivity contribution in [2.24, 2.45) is 0 Å². The van der Waals surface area contributed by atoms with Crippen LogP contribution >= 0.6 is 11.6 Å². The molecule has 1 aromatic heterocycles. The van der Waals surface area contributed by atoms with E-state index in [2.05, 4.69) is 10.1 Å². The Balaban J connectivity index is 1.74. The third-order valence-corrected chi connectivity index (χ3v) is 4.15. The molecule has 1 fully saturated rings. The van der Waals surface area contributed by atoms with Crippen LogP contribution in [0.15, 0.2) is 28.8 Å². The number of alkyl halides is 1. The van der Waals surface area contributed by atoms with Gasteiger partial charge >= 0.3 is 0 Å². The standard InChI is InChI=1S/C16H17ClFN3O2/c1-10(17)16(22)21-8-2-3-12(9-21)15-19-14(20-23-15)11-4-6-13(18)7-5-11/h4-7,10,12H,2-3,8-9H2,1H3. The van der Waals surface area contributed by atoms with Gasteiger partial charge in [0.15, 0.2) is 0 Å². The van der Waals surface area contributed by atoms with E-state index in [0.717, 1.165) is 12.8 Å². The fourth-order valence-corrected chi connectivity index (χ4v) is 2.89. The van der Waals surface area contributed by atoms with Crippen LogP contribution in [-0.2, 0) is 4.79 Å². The Hall–Kier alpha value is -1.95. The molecule has 7 heteroatoms. The number of carbonyl (C=O) groups excluding carboxylic acids is 1. The molecule has 1 saturated heterocycles. The minimum atomic E-state index is -0.536. The van der Waals surface area contributed by atoms with Crippen molar-refractivity contribution >= 4 is 17.5 Å². The number of halogens is 2. The topological polar surface area (TPSA) is 59.2 Å². The number of rotatable bonds is 3. The molecule has 0 saturated carbocycles. The van der Waals surface area contributed by atoms with Crippen LogP contribution < -0.4 is 0 Å². The van der Waals surface area contributed by atoms with Crippen LogP contribution in [0.25, 0.3) is 11.4 Å². The summed E-state index contributed by atoms with van der Waals surface area (Å²) in [7, 11) is 0. The Labute approximate surface area is 138 Å². The van der Waals surface area contributed by atoms with Crippen LogP contribution in [0.5, 0.6) is 0 Å². The highest BCUT2D eigenvalue weighted by molar-refractivity contribution is 6.30. The molecule has 1 aliphatic rings. The summed E-state index contributed by atoms with van der Waals surface area (Å²) in [4.78, 5) is 18.2. The molecule has 0 radical (unpaired) electrons. The van der Waals surface area contributed by atoms with E-state index in [1.54, 1.807) is 24.0 Å². The third-order valence-electron chi connectivity index (χ3n) is 3.97. The molecular weight excluding hydrogens is 321 g/mol. The first-order valence-electron chi connectivity index (χ1n) is 7.57. The van der Waals surface area contributed by atoms with E-state index in [-0.39, 0.29) is 17.6 Å². The normalized spacial score (nSPS) is 19.6. The van der Waals surface area contributed by atoms with Gasteiger partial charge in [-0.15, -0.1) is 11.6 Å². The molecule has 23 heavy (non-hydrogen) atoms. The van der Waals surface area contributed by atoms with Crippen molar-refractivity contribution in [2.75, 3.05) is 13.1 Å². The first-order chi connectivity index (χ1) is 11.0. The molecule has 0 bridgehead atoms. The Bertz CT molecular complexity index is 687. The van der Waals surface area contributed by atoms with E-state index >= 15 is 0 Å². The molecule has 1 aliphatic heterocycles. The predicted molar refractivity (Wildman–Crippen MR) is 83.6 cm³/mol. The average molecular weight is 338 g/mol. The van der Waals surface area contributed by atoms with Gasteiger partial charge in [0, 0.05) is 18.7 Å². The van der Waals surface area contributed by atoms with Gasteiger partial charge in [0.2, 0.25) is 17.6 Å². The molecule has 1 amide bonds. The quantitative estimate of drug-likeness (QED) is 0.807. The molecule has 2 heterocycles. The summed E-state index contributed by atoms with van der Waals surface area (Å²) in [5.74, 6) is 0.548. The molecule has 2 unspecified atom stereocenters. The summed E-state index contributed by atoms with van der Waals surface area (Å²) in [6, 6.07) is 5.92. The Kier molecular flexibility index (Phi) is 4.61. The van der Waals surface area contributed by atoms with Crippen molar-refractivity contribution in [3.63, 3.8) is 0 Å². The average Bonchev–Trinajstić information content (AvgIpc) is 3.05. The zero-order valence-electron chi connectivity index (χ0n) is 12.7. The van der Waals surface area contributed by atoms with Gasteiger partial charge in [0.05, 0.1) is 5.92 Å². The fraction of sp³-hybridized carbons (Fsp3) is 0.438. The summed E-state index contributed by atoms with van der Waals surface area (Å²) >= 11 is 5.88. The van der Waals surface area contributed by atoms with Gasteiger partial charge in [-0.2, -0.15) is 4.98 Å². The number of hydrogen-bond acceptors (Lipinski definition) is 4. The maximum absolute atomic E-state index is 13.0. The van der Waals surface area contributed by atoms with Crippen LogP contribution in [0.3, 0.4) is 0 Å². The maximum atomic E-state index is 13.0. The first-order valence-corrected chi connectivity index (χ1v) is 8.00. The van der Waals surface area contributed by atoms with Gasteiger partial charge in [-0.25, -0.2) is 4.39 Å². The van der Waals surface area contributed by atoms with Crippen LogP contribution in [0.4, 0.5) is 4.39 Å². The number of amides is 1. The summed E-state index contributed by atoms with van der Waals surface area (Å²) in [6.07, 6.45) is 1.75. The molecule has 5 nitrogen and oxygen atoms in total. The highest BCUT2D eigenvalue weighted by Crippen LogP contribution is 2.28. The minimum Gasteiger partial charge on any atom is -0.341 e. The summed E-state index contributed by atoms with van der Waals surface area (Å²) in [5.41, 5.74) is 0.694. The Morgan fingerprint density at radius 3 is 2.87 bits per heavy atom.